The smallest absolute Gasteiger partial charge is 0.254 e. The highest BCUT2D eigenvalue weighted by Gasteiger charge is 2.24. The molecule has 0 unspecified atom stereocenters. The number of quaternary nitrogens is 1. The lowest BCUT2D eigenvalue weighted by molar-refractivity contribution is -0.917. The summed E-state index contributed by atoms with van der Waals surface area (Å²) < 4.78 is 1.12. The summed E-state index contributed by atoms with van der Waals surface area (Å²) >= 11 is 3.51. The number of nitrogens with zero attached hydrogens (tertiary/aromatic N) is 2. The standard InChI is InChI=1S/C17H18BrN3O/c18-16-3-1-2-14(12-16)13-20-8-10-21(11-9-20)17(22)15-4-6-19-7-5-15/h1-7,12H,8-11,13H2/p+1. The minimum absolute atomic E-state index is 0.115. The second-order valence-electron chi connectivity index (χ2n) is 5.58. The topological polar surface area (TPSA) is 37.6 Å². The number of hydrogen-bond donors (Lipinski definition) is 1. The zero-order chi connectivity index (χ0) is 15.4. The first-order valence-corrected chi connectivity index (χ1v) is 8.29. The maximum absolute atomic E-state index is 12.4. The predicted molar refractivity (Wildman–Crippen MR) is 88.7 cm³/mol. The molecular weight excluding hydrogens is 342 g/mol. The summed E-state index contributed by atoms with van der Waals surface area (Å²) in [6, 6.07) is 12.0. The van der Waals surface area contributed by atoms with Crippen molar-refractivity contribution < 1.29 is 9.69 Å². The van der Waals surface area contributed by atoms with E-state index in [1.54, 1.807) is 24.5 Å². The number of halogens is 1. The van der Waals surface area contributed by atoms with E-state index in [4.69, 9.17) is 0 Å². The number of carbonyl (C=O) groups is 1. The van der Waals surface area contributed by atoms with Crippen LogP contribution >= 0.6 is 15.9 Å². The van der Waals surface area contributed by atoms with Crippen LogP contribution in [0.5, 0.6) is 0 Å². The number of carbonyl (C=O) groups excluding carboxylic acids is 1. The monoisotopic (exact) mass is 360 g/mol. The van der Waals surface area contributed by atoms with E-state index in [-0.39, 0.29) is 5.91 Å². The molecule has 1 fully saturated rings. The highest BCUT2D eigenvalue weighted by Crippen LogP contribution is 2.11. The molecule has 1 amide bonds. The van der Waals surface area contributed by atoms with Crippen molar-refractivity contribution in [1.29, 1.82) is 0 Å². The third-order valence-electron chi connectivity index (χ3n) is 4.03. The van der Waals surface area contributed by atoms with E-state index >= 15 is 0 Å². The molecule has 5 heteroatoms. The number of benzene rings is 1. The number of aromatic nitrogens is 1. The summed E-state index contributed by atoms with van der Waals surface area (Å²) in [4.78, 5) is 19.8. The maximum Gasteiger partial charge on any atom is 0.254 e. The van der Waals surface area contributed by atoms with Gasteiger partial charge in [-0.3, -0.25) is 9.78 Å². The summed E-state index contributed by atoms with van der Waals surface area (Å²) in [7, 11) is 0. The lowest BCUT2D eigenvalue weighted by Gasteiger charge is -2.32. The molecule has 1 aliphatic rings. The lowest BCUT2D eigenvalue weighted by atomic mass is 10.2. The van der Waals surface area contributed by atoms with Gasteiger partial charge >= 0.3 is 0 Å². The average Bonchev–Trinajstić information content (AvgIpc) is 2.56. The second kappa shape index (κ2) is 7.03. The van der Waals surface area contributed by atoms with Gasteiger partial charge in [-0.15, -0.1) is 0 Å². The minimum atomic E-state index is 0.115. The Kier molecular flexibility index (Phi) is 4.85. The molecule has 0 spiro atoms. The van der Waals surface area contributed by atoms with E-state index in [0.29, 0.717) is 0 Å². The lowest BCUT2D eigenvalue weighted by Crippen LogP contribution is -3.13. The first-order valence-electron chi connectivity index (χ1n) is 7.50. The summed E-state index contributed by atoms with van der Waals surface area (Å²) in [6.07, 6.45) is 3.34. The third-order valence-corrected chi connectivity index (χ3v) is 4.52. The Balaban J connectivity index is 1.55. The van der Waals surface area contributed by atoms with E-state index in [9.17, 15) is 4.79 Å². The van der Waals surface area contributed by atoms with Crippen LogP contribution in [-0.2, 0) is 6.54 Å². The van der Waals surface area contributed by atoms with Crippen molar-refractivity contribution in [3.63, 3.8) is 0 Å². The van der Waals surface area contributed by atoms with E-state index in [1.165, 1.54) is 10.5 Å². The largest absolute Gasteiger partial charge is 0.328 e. The van der Waals surface area contributed by atoms with Gasteiger partial charge in [-0.05, 0) is 24.3 Å². The van der Waals surface area contributed by atoms with Crippen LogP contribution in [0, 0.1) is 0 Å². The van der Waals surface area contributed by atoms with Gasteiger partial charge in [-0.2, -0.15) is 0 Å². The number of piperazine rings is 1. The number of pyridine rings is 1. The second-order valence-corrected chi connectivity index (χ2v) is 6.50. The van der Waals surface area contributed by atoms with E-state index < -0.39 is 0 Å². The van der Waals surface area contributed by atoms with Crippen molar-refractivity contribution in [2.24, 2.45) is 0 Å². The quantitative estimate of drug-likeness (QED) is 0.897. The van der Waals surface area contributed by atoms with Crippen molar-refractivity contribution in [2.75, 3.05) is 26.2 Å². The zero-order valence-electron chi connectivity index (χ0n) is 12.3. The van der Waals surface area contributed by atoms with Gasteiger partial charge in [0, 0.05) is 28.0 Å². The van der Waals surface area contributed by atoms with Crippen LogP contribution in [0.3, 0.4) is 0 Å². The fourth-order valence-corrected chi connectivity index (χ4v) is 3.26. The maximum atomic E-state index is 12.4. The molecule has 2 aromatic rings. The average molecular weight is 361 g/mol. The highest BCUT2D eigenvalue weighted by molar-refractivity contribution is 9.10. The molecule has 0 aliphatic carbocycles. The van der Waals surface area contributed by atoms with Gasteiger partial charge < -0.3 is 9.80 Å². The van der Waals surface area contributed by atoms with Gasteiger partial charge in [0.05, 0.1) is 26.2 Å². The summed E-state index contributed by atoms with van der Waals surface area (Å²) in [5, 5.41) is 0. The van der Waals surface area contributed by atoms with Gasteiger partial charge in [0.1, 0.15) is 6.54 Å². The molecule has 114 valence electrons. The van der Waals surface area contributed by atoms with E-state index in [2.05, 4.69) is 39.1 Å². The molecule has 1 N–H and O–H groups in total. The molecule has 0 atom stereocenters. The summed E-state index contributed by atoms with van der Waals surface area (Å²) in [5.41, 5.74) is 2.06. The predicted octanol–water partition coefficient (Wildman–Crippen LogP) is 1.39. The first kappa shape index (κ1) is 15.2. The van der Waals surface area contributed by atoms with Crippen LogP contribution in [0.15, 0.2) is 53.3 Å². The first-order chi connectivity index (χ1) is 10.7. The number of amides is 1. The molecule has 4 nitrogen and oxygen atoms in total. The van der Waals surface area contributed by atoms with Crippen LogP contribution in [-0.4, -0.2) is 42.0 Å². The Morgan fingerprint density at radius 1 is 1.18 bits per heavy atom. The van der Waals surface area contributed by atoms with Gasteiger partial charge in [0.2, 0.25) is 0 Å². The van der Waals surface area contributed by atoms with Crippen LogP contribution in [0.1, 0.15) is 15.9 Å². The van der Waals surface area contributed by atoms with Crippen molar-refractivity contribution in [1.82, 2.24) is 9.88 Å². The summed E-state index contributed by atoms with van der Waals surface area (Å²) in [6.45, 7) is 4.61. The minimum Gasteiger partial charge on any atom is -0.328 e. The Bertz CT molecular complexity index is 639. The van der Waals surface area contributed by atoms with Gasteiger partial charge in [-0.25, -0.2) is 0 Å². The molecule has 0 radical (unpaired) electrons. The van der Waals surface area contributed by atoms with Crippen molar-refractivity contribution in [2.45, 2.75) is 6.54 Å². The zero-order valence-corrected chi connectivity index (χ0v) is 13.9. The molecular formula is C17H19BrN3O+. The fourth-order valence-electron chi connectivity index (χ4n) is 2.82. The van der Waals surface area contributed by atoms with Crippen molar-refractivity contribution in [3.05, 3.63) is 64.4 Å². The number of hydrogen-bond acceptors (Lipinski definition) is 2. The highest BCUT2D eigenvalue weighted by atomic mass is 79.9. The Morgan fingerprint density at radius 3 is 2.59 bits per heavy atom. The molecule has 1 aliphatic heterocycles. The molecule has 1 saturated heterocycles. The molecule has 2 heterocycles. The van der Waals surface area contributed by atoms with Gasteiger partial charge in [0.25, 0.3) is 5.91 Å². The molecule has 22 heavy (non-hydrogen) atoms. The summed E-state index contributed by atoms with van der Waals surface area (Å²) in [5.74, 6) is 0.115. The van der Waals surface area contributed by atoms with Crippen LogP contribution in [0.25, 0.3) is 0 Å². The van der Waals surface area contributed by atoms with Crippen LogP contribution < -0.4 is 4.90 Å². The van der Waals surface area contributed by atoms with E-state index in [0.717, 1.165) is 42.8 Å². The molecule has 3 rings (SSSR count). The number of nitrogens with one attached hydrogen (secondary N) is 1. The van der Waals surface area contributed by atoms with Crippen molar-refractivity contribution >= 4 is 21.8 Å². The molecule has 0 saturated carbocycles. The van der Waals surface area contributed by atoms with Gasteiger partial charge in [0.15, 0.2) is 0 Å². The van der Waals surface area contributed by atoms with Crippen LogP contribution in [0.4, 0.5) is 0 Å². The Labute approximate surface area is 138 Å². The Hall–Kier alpha value is -1.72. The van der Waals surface area contributed by atoms with Crippen LogP contribution in [0.2, 0.25) is 0 Å². The van der Waals surface area contributed by atoms with Crippen molar-refractivity contribution in [3.8, 4) is 0 Å². The number of rotatable bonds is 3. The molecule has 1 aromatic carbocycles. The molecule has 0 bridgehead atoms. The third kappa shape index (κ3) is 3.72. The van der Waals surface area contributed by atoms with E-state index in [1.807, 2.05) is 11.0 Å². The fraction of sp³-hybridized carbons (Fsp3) is 0.294. The Morgan fingerprint density at radius 2 is 1.91 bits per heavy atom. The molecule has 1 aromatic heterocycles. The normalized spacial score (nSPS) is 15.8. The SMILES string of the molecule is O=C(c1ccncc1)N1CC[NH+](Cc2cccc(Br)c2)CC1. The van der Waals surface area contributed by atoms with Gasteiger partial charge in [-0.1, -0.05) is 28.1 Å².